The molecule has 1 aromatic carbocycles. The molecular formula is C10H8ClF2NO2. The van der Waals surface area contributed by atoms with Crippen LogP contribution in [0.15, 0.2) is 12.1 Å². The number of carbonyl (C=O) groups is 1. The zero-order valence-corrected chi connectivity index (χ0v) is 8.85. The summed E-state index contributed by atoms with van der Waals surface area (Å²) in [6, 6.07) is 2.21. The smallest absolute Gasteiger partial charge is 0.246 e. The third-order valence-corrected chi connectivity index (χ3v) is 2.59. The van der Waals surface area contributed by atoms with Crippen LogP contribution in [0.5, 0.6) is 0 Å². The van der Waals surface area contributed by atoms with E-state index < -0.39 is 17.7 Å². The van der Waals surface area contributed by atoms with E-state index in [0.717, 1.165) is 12.1 Å². The van der Waals surface area contributed by atoms with E-state index >= 15 is 0 Å². The SMILES string of the molecule is O=C1CO[C@H](c2c(F)ccc(Cl)c2F)CN1. The third-order valence-electron chi connectivity index (χ3n) is 2.30. The minimum absolute atomic E-state index is 0.0347. The first-order valence-corrected chi connectivity index (χ1v) is 4.99. The maximum atomic E-state index is 13.6. The molecule has 16 heavy (non-hydrogen) atoms. The normalized spacial score (nSPS) is 20.7. The lowest BCUT2D eigenvalue weighted by Gasteiger charge is -2.24. The highest BCUT2D eigenvalue weighted by atomic mass is 35.5. The van der Waals surface area contributed by atoms with E-state index in [0.29, 0.717) is 0 Å². The predicted molar refractivity (Wildman–Crippen MR) is 53.1 cm³/mol. The molecule has 0 aromatic heterocycles. The quantitative estimate of drug-likeness (QED) is 0.769. The van der Waals surface area contributed by atoms with E-state index in [1.807, 2.05) is 0 Å². The van der Waals surface area contributed by atoms with Crippen molar-refractivity contribution in [2.24, 2.45) is 0 Å². The molecule has 0 spiro atoms. The molecule has 0 aliphatic carbocycles. The van der Waals surface area contributed by atoms with Crippen LogP contribution in [-0.2, 0) is 9.53 Å². The van der Waals surface area contributed by atoms with Gasteiger partial charge in [0.05, 0.1) is 10.6 Å². The molecule has 1 fully saturated rings. The number of benzene rings is 1. The Morgan fingerprint density at radius 2 is 2.19 bits per heavy atom. The molecule has 1 aromatic rings. The number of morpholine rings is 1. The van der Waals surface area contributed by atoms with Gasteiger partial charge in [-0.05, 0) is 12.1 Å². The maximum absolute atomic E-state index is 13.6. The first kappa shape index (κ1) is 11.3. The lowest BCUT2D eigenvalue weighted by Crippen LogP contribution is -2.39. The molecule has 0 radical (unpaired) electrons. The Bertz CT molecular complexity index is 429. The Hall–Kier alpha value is -1.20. The molecule has 6 heteroatoms. The van der Waals surface area contributed by atoms with Crippen LogP contribution in [0.1, 0.15) is 11.7 Å². The Morgan fingerprint density at radius 1 is 1.44 bits per heavy atom. The molecule has 1 N–H and O–H groups in total. The summed E-state index contributed by atoms with van der Waals surface area (Å²) in [6.45, 7) is -0.178. The van der Waals surface area contributed by atoms with Gasteiger partial charge in [0.1, 0.15) is 18.5 Å². The van der Waals surface area contributed by atoms with Gasteiger partial charge in [0, 0.05) is 6.54 Å². The van der Waals surface area contributed by atoms with Gasteiger partial charge in [0.15, 0.2) is 5.82 Å². The second-order valence-electron chi connectivity index (χ2n) is 3.36. The summed E-state index contributed by atoms with van der Waals surface area (Å²) >= 11 is 5.55. The summed E-state index contributed by atoms with van der Waals surface area (Å²) in [5.74, 6) is -1.88. The van der Waals surface area contributed by atoms with Gasteiger partial charge in [-0.2, -0.15) is 0 Å². The molecule has 0 saturated carbocycles. The average molecular weight is 248 g/mol. The van der Waals surface area contributed by atoms with Crippen molar-refractivity contribution >= 4 is 17.5 Å². The van der Waals surface area contributed by atoms with E-state index in [2.05, 4.69) is 5.32 Å². The largest absolute Gasteiger partial charge is 0.362 e. The van der Waals surface area contributed by atoms with Crippen molar-refractivity contribution in [3.63, 3.8) is 0 Å². The summed E-state index contributed by atoms with van der Waals surface area (Å²) < 4.78 is 32.0. The Labute approximate surface area is 95.3 Å². The maximum Gasteiger partial charge on any atom is 0.246 e. The van der Waals surface area contributed by atoms with Crippen molar-refractivity contribution in [2.75, 3.05) is 13.2 Å². The third kappa shape index (κ3) is 2.01. The summed E-state index contributed by atoms with van der Waals surface area (Å²) in [4.78, 5) is 10.8. The predicted octanol–water partition coefficient (Wildman–Crippen LogP) is 1.81. The number of ether oxygens (including phenoxy) is 1. The van der Waals surface area contributed by atoms with Crippen molar-refractivity contribution in [1.82, 2.24) is 5.32 Å². The van der Waals surface area contributed by atoms with Gasteiger partial charge in [0.25, 0.3) is 0 Å². The zero-order chi connectivity index (χ0) is 11.7. The molecule has 2 rings (SSSR count). The van der Waals surface area contributed by atoms with E-state index in [-0.39, 0.29) is 29.6 Å². The lowest BCUT2D eigenvalue weighted by molar-refractivity contribution is -0.133. The van der Waals surface area contributed by atoms with E-state index in [4.69, 9.17) is 16.3 Å². The Morgan fingerprint density at radius 3 is 2.81 bits per heavy atom. The highest BCUT2D eigenvalue weighted by molar-refractivity contribution is 6.30. The van der Waals surface area contributed by atoms with Crippen LogP contribution in [-0.4, -0.2) is 19.1 Å². The summed E-state index contributed by atoms with van der Waals surface area (Å²) in [5.41, 5.74) is -0.243. The molecule has 1 atom stereocenters. The number of halogens is 3. The van der Waals surface area contributed by atoms with Gasteiger partial charge in [-0.3, -0.25) is 4.79 Å². The fourth-order valence-corrected chi connectivity index (χ4v) is 1.68. The standard InChI is InChI=1S/C10H8ClF2NO2/c11-5-1-2-6(12)9(10(5)13)7-3-14-8(15)4-16-7/h1-2,7H,3-4H2,(H,14,15)/t7-/m0/s1. The monoisotopic (exact) mass is 247 g/mol. The van der Waals surface area contributed by atoms with Crippen LogP contribution >= 0.6 is 11.6 Å². The molecule has 1 heterocycles. The van der Waals surface area contributed by atoms with Crippen molar-refractivity contribution in [2.45, 2.75) is 6.10 Å². The lowest BCUT2D eigenvalue weighted by atomic mass is 10.1. The van der Waals surface area contributed by atoms with Crippen molar-refractivity contribution < 1.29 is 18.3 Å². The molecule has 3 nitrogen and oxygen atoms in total. The number of rotatable bonds is 1. The van der Waals surface area contributed by atoms with Crippen LogP contribution in [0.3, 0.4) is 0 Å². The molecule has 0 bridgehead atoms. The second-order valence-corrected chi connectivity index (χ2v) is 3.77. The fourth-order valence-electron chi connectivity index (χ4n) is 1.52. The molecule has 0 unspecified atom stereocenters. The van der Waals surface area contributed by atoms with Crippen molar-refractivity contribution in [1.29, 1.82) is 0 Å². The van der Waals surface area contributed by atoms with Gasteiger partial charge < -0.3 is 10.1 Å². The molecule has 86 valence electrons. The van der Waals surface area contributed by atoms with Crippen LogP contribution in [0, 0.1) is 11.6 Å². The molecule has 1 aliphatic rings. The van der Waals surface area contributed by atoms with Gasteiger partial charge in [-0.25, -0.2) is 8.78 Å². The molecule has 1 saturated heterocycles. The van der Waals surface area contributed by atoms with Crippen molar-refractivity contribution in [3.05, 3.63) is 34.4 Å². The average Bonchev–Trinajstić information content (AvgIpc) is 2.27. The van der Waals surface area contributed by atoms with Gasteiger partial charge in [-0.1, -0.05) is 11.6 Å². The van der Waals surface area contributed by atoms with Gasteiger partial charge >= 0.3 is 0 Å². The van der Waals surface area contributed by atoms with Crippen LogP contribution in [0.4, 0.5) is 8.78 Å². The summed E-state index contributed by atoms with van der Waals surface area (Å²) in [5, 5.41) is 2.29. The van der Waals surface area contributed by atoms with Crippen LogP contribution in [0.2, 0.25) is 5.02 Å². The molecule has 1 amide bonds. The summed E-state index contributed by atoms with van der Waals surface area (Å²) in [6.07, 6.45) is -0.837. The topological polar surface area (TPSA) is 38.3 Å². The second kappa shape index (κ2) is 4.35. The first-order chi connectivity index (χ1) is 7.59. The fraction of sp³-hybridized carbons (Fsp3) is 0.300. The van der Waals surface area contributed by atoms with E-state index in [1.165, 1.54) is 0 Å². The van der Waals surface area contributed by atoms with E-state index in [9.17, 15) is 13.6 Å². The number of carbonyl (C=O) groups excluding carboxylic acids is 1. The molecule has 1 aliphatic heterocycles. The Balaban J connectivity index is 2.33. The zero-order valence-electron chi connectivity index (χ0n) is 8.10. The van der Waals surface area contributed by atoms with E-state index in [1.54, 1.807) is 0 Å². The minimum Gasteiger partial charge on any atom is -0.362 e. The number of hydrogen-bond donors (Lipinski definition) is 1. The number of amides is 1. The number of nitrogens with one attached hydrogen (secondary N) is 1. The van der Waals surface area contributed by atoms with Crippen molar-refractivity contribution in [3.8, 4) is 0 Å². The highest BCUT2D eigenvalue weighted by Gasteiger charge is 2.26. The molecular weight excluding hydrogens is 240 g/mol. The highest BCUT2D eigenvalue weighted by Crippen LogP contribution is 2.29. The first-order valence-electron chi connectivity index (χ1n) is 4.61. The van der Waals surface area contributed by atoms with Crippen LogP contribution < -0.4 is 5.32 Å². The van der Waals surface area contributed by atoms with Crippen LogP contribution in [0.25, 0.3) is 0 Å². The van der Waals surface area contributed by atoms with Gasteiger partial charge in [-0.15, -0.1) is 0 Å². The Kier molecular flexibility index (Phi) is 3.07. The number of hydrogen-bond acceptors (Lipinski definition) is 2. The van der Waals surface area contributed by atoms with Gasteiger partial charge in [0.2, 0.25) is 5.91 Å². The minimum atomic E-state index is -0.845. The summed E-state index contributed by atoms with van der Waals surface area (Å²) in [7, 11) is 0.